The van der Waals surface area contributed by atoms with Crippen molar-refractivity contribution in [3.63, 3.8) is 0 Å². The second-order valence-electron chi connectivity index (χ2n) is 6.05. The Morgan fingerprint density at radius 2 is 1.90 bits per heavy atom. The van der Waals surface area contributed by atoms with Crippen LogP contribution in [0.15, 0.2) is 18.2 Å². The lowest BCUT2D eigenvalue weighted by Gasteiger charge is -2.23. The van der Waals surface area contributed by atoms with Crippen molar-refractivity contribution in [2.24, 2.45) is 0 Å². The fourth-order valence-corrected chi connectivity index (χ4v) is 3.07. The van der Waals surface area contributed by atoms with Gasteiger partial charge in [0.2, 0.25) is 0 Å². The summed E-state index contributed by atoms with van der Waals surface area (Å²) in [5.74, 6) is 1.08. The third-order valence-corrected chi connectivity index (χ3v) is 4.24. The van der Waals surface area contributed by atoms with Gasteiger partial charge in [0, 0.05) is 11.6 Å². The number of benzene rings is 1. The number of hydrogen-bond acceptors (Lipinski definition) is 2. The van der Waals surface area contributed by atoms with Gasteiger partial charge in [-0.2, -0.15) is 0 Å². The Labute approximate surface area is 123 Å². The monoisotopic (exact) mass is 275 g/mol. The summed E-state index contributed by atoms with van der Waals surface area (Å²) in [4.78, 5) is 0. The first-order chi connectivity index (χ1) is 9.70. The number of nitrogens with one attached hydrogen (secondary N) is 1. The minimum Gasteiger partial charge on any atom is -0.490 e. The zero-order valence-corrected chi connectivity index (χ0v) is 13.2. The molecule has 1 unspecified atom stereocenters. The van der Waals surface area contributed by atoms with Gasteiger partial charge in [0.15, 0.2) is 0 Å². The average Bonchev–Trinajstić information content (AvgIpc) is 2.69. The molecule has 0 saturated heterocycles. The molecule has 2 nitrogen and oxygen atoms in total. The van der Waals surface area contributed by atoms with Crippen molar-refractivity contribution in [2.75, 3.05) is 6.54 Å². The first-order valence-corrected chi connectivity index (χ1v) is 8.21. The lowest BCUT2D eigenvalue weighted by atomic mass is 10.0. The summed E-state index contributed by atoms with van der Waals surface area (Å²) in [6, 6.07) is 6.93. The summed E-state index contributed by atoms with van der Waals surface area (Å²) in [7, 11) is 0. The van der Waals surface area contributed by atoms with Crippen LogP contribution in [-0.2, 0) is 0 Å². The molecule has 0 heterocycles. The Morgan fingerprint density at radius 3 is 2.55 bits per heavy atom. The molecule has 1 aromatic carbocycles. The van der Waals surface area contributed by atoms with Crippen LogP contribution in [0.1, 0.15) is 69.5 Å². The number of ether oxygens (including phenoxy) is 1. The number of hydrogen-bond donors (Lipinski definition) is 1. The fourth-order valence-electron chi connectivity index (χ4n) is 3.07. The van der Waals surface area contributed by atoms with E-state index in [9.17, 15) is 0 Å². The number of aryl methyl sites for hydroxylation is 1. The highest BCUT2D eigenvalue weighted by molar-refractivity contribution is 5.39. The minimum atomic E-state index is 0.348. The molecule has 0 amide bonds. The van der Waals surface area contributed by atoms with E-state index in [0.717, 1.165) is 12.3 Å². The number of rotatable bonds is 5. The van der Waals surface area contributed by atoms with Crippen LogP contribution in [0, 0.1) is 6.92 Å². The molecule has 1 aromatic rings. The van der Waals surface area contributed by atoms with Crippen LogP contribution in [0.25, 0.3) is 0 Å². The maximum Gasteiger partial charge on any atom is 0.124 e. The maximum absolute atomic E-state index is 6.35. The van der Waals surface area contributed by atoms with Crippen LogP contribution < -0.4 is 10.1 Å². The summed E-state index contributed by atoms with van der Waals surface area (Å²) in [6.07, 6.45) is 8.20. The van der Waals surface area contributed by atoms with Crippen molar-refractivity contribution in [2.45, 2.75) is 71.4 Å². The predicted octanol–water partition coefficient (Wildman–Crippen LogP) is 4.77. The van der Waals surface area contributed by atoms with E-state index in [2.05, 4.69) is 44.3 Å². The van der Waals surface area contributed by atoms with Gasteiger partial charge in [-0.25, -0.2) is 0 Å². The predicted molar refractivity (Wildman–Crippen MR) is 85.4 cm³/mol. The molecule has 0 aromatic heterocycles. The van der Waals surface area contributed by atoms with Crippen LogP contribution in [0.5, 0.6) is 5.75 Å². The molecule has 0 spiro atoms. The molecule has 1 atom stereocenters. The van der Waals surface area contributed by atoms with E-state index in [4.69, 9.17) is 4.74 Å². The van der Waals surface area contributed by atoms with Crippen molar-refractivity contribution in [3.05, 3.63) is 29.3 Å². The first-order valence-electron chi connectivity index (χ1n) is 8.21. The quantitative estimate of drug-likeness (QED) is 0.782. The second-order valence-corrected chi connectivity index (χ2v) is 6.05. The van der Waals surface area contributed by atoms with Gasteiger partial charge in [0.05, 0.1) is 6.10 Å². The normalized spacial score (nSPS) is 18.6. The van der Waals surface area contributed by atoms with Crippen LogP contribution in [-0.4, -0.2) is 12.6 Å². The highest BCUT2D eigenvalue weighted by Gasteiger charge is 2.17. The van der Waals surface area contributed by atoms with Crippen molar-refractivity contribution < 1.29 is 4.74 Å². The summed E-state index contributed by atoms with van der Waals surface area (Å²) >= 11 is 0. The molecule has 1 aliphatic carbocycles. The van der Waals surface area contributed by atoms with E-state index in [1.807, 2.05) is 0 Å². The third-order valence-electron chi connectivity index (χ3n) is 4.24. The van der Waals surface area contributed by atoms with Gasteiger partial charge in [0.25, 0.3) is 0 Å². The maximum atomic E-state index is 6.35. The van der Waals surface area contributed by atoms with Crippen LogP contribution >= 0.6 is 0 Å². The van der Waals surface area contributed by atoms with Gasteiger partial charge >= 0.3 is 0 Å². The Morgan fingerprint density at radius 1 is 1.20 bits per heavy atom. The molecule has 0 aliphatic heterocycles. The molecule has 2 heteroatoms. The van der Waals surface area contributed by atoms with E-state index in [1.54, 1.807) is 0 Å². The van der Waals surface area contributed by atoms with E-state index in [1.165, 1.54) is 49.7 Å². The largest absolute Gasteiger partial charge is 0.490 e. The Balaban J connectivity index is 2.12. The molecule has 0 bridgehead atoms. The highest BCUT2D eigenvalue weighted by Crippen LogP contribution is 2.30. The molecule has 1 fully saturated rings. The molecule has 20 heavy (non-hydrogen) atoms. The van der Waals surface area contributed by atoms with E-state index in [-0.39, 0.29) is 0 Å². The standard InChI is InChI=1S/C18H29NO/c1-4-19-15(3)17-13-14(2)11-12-18(17)20-16-9-7-5-6-8-10-16/h11-13,15-16,19H,4-10H2,1-3H3. The highest BCUT2D eigenvalue weighted by atomic mass is 16.5. The molecular weight excluding hydrogens is 246 g/mol. The minimum absolute atomic E-state index is 0.348. The Bertz CT molecular complexity index is 408. The lowest BCUT2D eigenvalue weighted by molar-refractivity contribution is 0.181. The summed E-state index contributed by atoms with van der Waals surface area (Å²) in [5.41, 5.74) is 2.61. The van der Waals surface area contributed by atoms with Gasteiger partial charge in [-0.05, 0) is 52.1 Å². The smallest absolute Gasteiger partial charge is 0.124 e. The summed E-state index contributed by atoms with van der Waals surface area (Å²) in [5, 5.41) is 3.50. The first kappa shape index (κ1) is 15.4. The second kappa shape index (κ2) is 7.68. The van der Waals surface area contributed by atoms with E-state index < -0.39 is 0 Å². The van der Waals surface area contributed by atoms with Gasteiger partial charge < -0.3 is 10.1 Å². The lowest BCUT2D eigenvalue weighted by Crippen LogP contribution is -2.21. The topological polar surface area (TPSA) is 21.3 Å². The van der Waals surface area contributed by atoms with Gasteiger partial charge in [-0.3, -0.25) is 0 Å². The molecule has 2 rings (SSSR count). The van der Waals surface area contributed by atoms with Gasteiger partial charge in [-0.1, -0.05) is 37.5 Å². The van der Waals surface area contributed by atoms with Crippen molar-refractivity contribution >= 4 is 0 Å². The van der Waals surface area contributed by atoms with Crippen molar-refractivity contribution in [1.29, 1.82) is 0 Å². The SMILES string of the molecule is CCNC(C)c1cc(C)ccc1OC1CCCCCC1. The van der Waals surface area contributed by atoms with Crippen LogP contribution in [0.2, 0.25) is 0 Å². The van der Waals surface area contributed by atoms with Crippen LogP contribution in [0.3, 0.4) is 0 Å². The molecule has 1 N–H and O–H groups in total. The van der Waals surface area contributed by atoms with Crippen LogP contribution in [0.4, 0.5) is 0 Å². The van der Waals surface area contributed by atoms with Gasteiger partial charge in [0.1, 0.15) is 5.75 Å². The summed E-state index contributed by atoms with van der Waals surface area (Å²) < 4.78 is 6.35. The molecule has 112 valence electrons. The average molecular weight is 275 g/mol. The van der Waals surface area contributed by atoms with Crippen molar-refractivity contribution in [3.8, 4) is 5.75 Å². The fraction of sp³-hybridized carbons (Fsp3) is 0.667. The van der Waals surface area contributed by atoms with Crippen molar-refractivity contribution in [1.82, 2.24) is 5.32 Å². The molecule has 1 aliphatic rings. The zero-order valence-electron chi connectivity index (χ0n) is 13.2. The Hall–Kier alpha value is -1.02. The molecule has 0 radical (unpaired) electrons. The van der Waals surface area contributed by atoms with E-state index >= 15 is 0 Å². The Kier molecular flexibility index (Phi) is 5.90. The third kappa shape index (κ3) is 4.24. The summed E-state index contributed by atoms with van der Waals surface area (Å²) in [6.45, 7) is 7.51. The van der Waals surface area contributed by atoms with Gasteiger partial charge in [-0.15, -0.1) is 0 Å². The molecule has 1 saturated carbocycles. The van der Waals surface area contributed by atoms with E-state index in [0.29, 0.717) is 12.1 Å². The molecular formula is C18H29NO. The zero-order chi connectivity index (χ0) is 14.4.